The van der Waals surface area contributed by atoms with Gasteiger partial charge < -0.3 is 5.73 Å². The average molecular weight is 227 g/mol. The van der Waals surface area contributed by atoms with Crippen LogP contribution >= 0.6 is 11.3 Å². The van der Waals surface area contributed by atoms with E-state index in [1.807, 2.05) is 27.7 Å². The third-order valence-corrected chi connectivity index (χ3v) is 3.66. The number of hydrogen-bond donors (Lipinski definition) is 2. The smallest absolute Gasteiger partial charge is 0.231 e. The maximum absolute atomic E-state index is 10.7. The number of hydrogen-bond acceptors (Lipinski definition) is 4. The van der Waals surface area contributed by atoms with Gasteiger partial charge in [-0.1, -0.05) is 0 Å². The molecule has 0 saturated heterocycles. The van der Waals surface area contributed by atoms with Crippen LogP contribution in [0.25, 0.3) is 0 Å². The molecule has 0 unspecified atom stereocenters. The molecule has 0 spiro atoms. The van der Waals surface area contributed by atoms with Gasteiger partial charge in [0.2, 0.25) is 5.91 Å². The minimum atomic E-state index is -0.354. The molecule has 15 heavy (non-hydrogen) atoms. The lowest BCUT2D eigenvalue weighted by Crippen LogP contribution is -2.41. The second-order valence-corrected chi connectivity index (χ2v) is 5.31. The van der Waals surface area contributed by atoms with Gasteiger partial charge in [-0.15, -0.1) is 11.3 Å². The predicted octanol–water partition coefficient (Wildman–Crippen LogP) is 1.07. The Bertz CT molecular complexity index is 351. The van der Waals surface area contributed by atoms with Crippen molar-refractivity contribution in [2.75, 3.05) is 6.54 Å². The van der Waals surface area contributed by atoms with Gasteiger partial charge in [0.05, 0.1) is 17.8 Å². The third kappa shape index (κ3) is 3.00. The number of rotatable bonds is 4. The van der Waals surface area contributed by atoms with Gasteiger partial charge in [-0.3, -0.25) is 10.1 Å². The Kier molecular flexibility index (Phi) is 3.46. The summed E-state index contributed by atoms with van der Waals surface area (Å²) in [5, 5.41) is 4.07. The van der Waals surface area contributed by atoms with Gasteiger partial charge in [0.15, 0.2) is 0 Å². The Morgan fingerprint density at radius 2 is 2.13 bits per heavy atom. The summed E-state index contributed by atoms with van der Waals surface area (Å²) in [6.45, 7) is 8.19. The van der Waals surface area contributed by atoms with Crippen molar-refractivity contribution in [3.8, 4) is 0 Å². The molecule has 1 aromatic rings. The molecule has 0 radical (unpaired) electrons. The molecule has 0 atom stereocenters. The first-order chi connectivity index (χ1) is 6.83. The van der Waals surface area contributed by atoms with Crippen molar-refractivity contribution >= 4 is 17.2 Å². The predicted molar refractivity (Wildman–Crippen MR) is 61.8 cm³/mol. The Labute approximate surface area is 93.9 Å². The summed E-state index contributed by atoms with van der Waals surface area (Å²) in [6.07, 6.45) is 0. The lowest BCUT2D eigenvalue weighted by molar-refractivity contribution is -0.117. The van der Waals surface area contributed by atoms with Crippen LogP contribution < -0.4 is 11.1 Å². The molecule has 1 aromatic heterocycles. The van der Waals surface area contributed by atoms with Crippen LogP contribution in [0.2, 0.25) is 0 Å². The molecule has 1 rings (SSSR count). The molecule has 4 nitrogen and oxygen atoms in total. The second-order valence-electron chi connectivity index (χ2n) is 4.11. The zero-order valence-corrected chi connectivity index (χ0v) is 10.4. The number of thiazole rings is 1. The van der Waals surface area contributed by atoms with Gasteiger partial charge in [-0.2, -0.15) is 0 Å². The highest BCUT2D eigenvalue weighted by Gasteiger charge is 2.24. The highest BCUT2D eigenvalue weighted by atomic mass is 32.1. The number of carbonyl (C=O) groups excluding carboxylic acids is 1. The number of nitrogens with two attached hydrogens (primary N) is 1. The number of nitrogens with zero attached hydrogens (tertiary/aromatic N) is 1. The van der Waals surface area contributed by atoms with E-state index >= 15 is 0 Å². The van der Waals surface area contributed by atoms with E-state index in [0.717, 1.165) is 10.7 Å². The van der Waals surface area contributed by atoms with Crippen molar-refractivity contribution in [1.82, 2.24) is 10.3 Å². The monoisotopic (exact) mass is 227 g/mol. The molecular formula is C10H17N3OS. The van der Waals surface area contributed by atoms with Gasteiger partial charge in [0, 0.05) is 4.88 Å². The van der Waals surface area contributed by atoms with Crippen molar-refractivity contribution in [1.29, 1.82) is 0 Å². The third-order valence-electron chi connectivity index (χ3n) is 2.27. The zero-order chi connectivity index (χ0) is 11.6. The summed E-state index contributed by atoms with van der Waals surface area (Å²) in [7, 11) is 0. The van der Waals surface area contributed by atoms with Gasteiger partial charge in [0.1, 0.15) is 5.01 Å². The van der Waals surface area contributed by atoms with E-state index in [2.05, 4.69) is 10.3 Å². The molecular weight excluding hydrogens is 210 g/mol. The van der Waals surface area contributed by atoms with Crippen molar-refractivity contribution < 1.29 is 4.79 Å². The summed E-state index contributed by atoms with van der Waals surface area (Å²) < 4.78 is 0. The maximum atomic E-state index is 10.7. The fourth-order valence-corrected chi connectivity index (χ4v) is 2.12. The summed E-state index contributed by atoms with van der Waals surface area (Å²) in [5.41, 5.74) is 5.83. The number of amides is 1. The molecule has 5 heteroatoms. The lowest BCUT2D eigenvalue weighted by Gasteiger charge is -2.22. The number of nitrogens with one attached hydrogen (secondary N) is 1. The van der Waals surface area contributed by atoms with Crippen molar-refractivity contribution in [3.05, 3.63) is 15.6 Å². The van der Waals surface area contributed by atoms with Gasteiger partial charge in [-0.05, 0) is 27.7 Å². The molecule has 1 heterocycles. The van der Waals surface area contributed by atoms with Gasteiger partial charge >= 0.3 is 0 Å². The summed E-state index contributed by atoms with van der Waals surface area (Å²) in [6, 6.07) is 0. The number of aromatic nitrogens is 1. The Balaban J connectivity index is 2.80. The molecule has 0 aromatic carbocycles. The molecule has 0 aliphatic rings. The van der Waals surface area contributed by atoms with E-state index in [-0.39, 0.29) is 18.0 Å². The number of aryl methyl sites for hydroxylation is 2. The number of primary amides is 1. The average Bonchev–Trinajstić information content (AvgIpc) is 2.45. The molecule has 0 bridgehead atoms. The van der Waals surface area contributed by atoms with Crippen molar-refractivity contribution in [2.45, 2.75) is 33.2 Å². The highest BCUT2D eigenvalue weighted by Crippen LogP contribution is 2.26. The summed E-state index contributed by atoms with van der Waals surface area (Å²) >= 11 is 1.65. The largest absolute Gasteiger partial charge is 0.369 e. The van der Waals surface area contributed by atoms with Crippen LogP contribution in [0.4, 0.5) is 0 Å². The zero-order valence-electron chi connectivity index (χ0n) is 9.55. The van der Waals surface area contributed by atoms with E-state index < -0.39 is 0 Å². The van der Waals surface area contributed by atoms with Crippen LogP contribution in [-0.2, 0) is 10.3 Å². The van der Waals surface area contributed by atoms with Gasteiger partial charge in [0.25, 0.3) is 0 Å². The second kappa shape index (κ2) is 4.28. The summed E-state index contributed by atoms with van der Waals surface area (Å²) in [5.74, 6) is -0.354. The van der Waals surface area contributed by atoms with Crippen molar-refractivity contribution in [2.24, 2.45) is 5.73 Å². The van der Waals surface area contributed by atoms with E-state index in [1.54, 1.807) is 11.3 Å². The normalized spacial score (nSPS) is 11.7. The van der Waals surface area contributed by atoms with Crippen molar-refractivity contribution in [3.63, 3.8) is 0 Å². The highest BCUT2D eigenvalue weighted by molar-refractivity contribution is 7.11. The first-order valence-corrected chi connectivity index (χ1v) is 5.62. The molecule has 0 aliphatic heterocycles. The Morgan fingerprint density at radius 1 is 1.53 bits per heavy atom. The van der Waals surface area contributed by atoms with Crippen LogP contribution in [0, 0.1) is 13.8 Å². The standard InChI is InChI=1S/C10H17N3OS/c1-6-7(2)15-9(13-6)10(3,4)12-5-8(11)14/h12H,5H2,1-4H3,(H2,11,14). The first kappa shape index (κ1) is 12.1. The Morgan fingerprint density at radius 3 is 2.53 bits per heavy atom. The van der Waals surface area contributed by atoms with E-state index in [1.165, 1.54) is 4.88 Å². The molecule has 0 fully saturated rings. The van der Waals surface area contributed by atoms with E-state index in [9.17, 15) is 4.79 Å². The molecule has 3 N–H and O–H groups in total. The molecule has 1 amide bonds. The maximum Gasteiger partial charge on any atom is 0.231 e. The first-order valence-electron chi connectivity index (χ1n) is 4.81. The summed E-state index contributed by atoms with van der Waals surface area (Å²) in [4.78, 5) is 16.4. The quantitative estimate of drug-likeness (QED) is 0.808. The van der Waals surface area contributed by atoms with Crippen LogP contribution in [0.3, 0.4) is 0 Å². The molecule has 0 saturated carbocycles. The van der Waals surface area contributed by atoms with E-state index in [0.29, 0.717) is 0 Å². The number of carbonyl (C=O) groups is 1. The van der Waals surface area contributed by atoms with E-state index in [4.69, 9.17) is 5.73 Å². The SMILES string of the molecule is Cc1nc(C(C)(C)NCC(N)=O)sc1C. The lowest BCUT2D eigenvalue weighted by atomic mass is 10.1. The van der Waals surface area contributed by atoms with Crippen LogP contribution in [0.1, 0.15) is 29.4 Å². The van der Waals surface area contributed by atoms with Gasteiger partial charge in [-0.25, -0.2) is 4.98 Å². The molecule has 84 valence electrons. The Hall–Kier alpha value is -0.940. The van der Waals surface area contributed by atoms with Crippen LogP contribution in [0.5, 0.6) is 0 Å². The minimum Gasteiger partial charge on any atom is -0.369 e. The topological polar surface area (TPSA) is 68.0 Å². The fraction of sp³-hybridized carbons (Fsp3) is 0.600. The fourth-order valence-electron chi connectivity index (χ4n) is 1.12. The van der Waals surface area contributed by atoms with Crippen LogP contribution in [0.15, 0.2) is 0 Å². The van der Waals surface area contributed by atoms with Crippen LogP contribution in [-0.4, -0.2) is 17.4 Å². The minimum absolute atomic E-state index is 0.171. The molecule has 0 aliphatic carbocycles.